The molecule has 94 heavy (non-hydrogen) atoms. The van der Waals surface area contributed by atoms with Crippen molar-refractivity contribution in [3.05, 3.63) is 59.5 Å². The SMILES string of the molecule is CCn1c(-c2nonc2N)nc2c(C#CC(C)(C)O[C@H]3C[C@@H]4CC[C@@H](C)[C@@](O)(O4)C(=O)C(=O)N4CCCC[C@H]4C(=O)O[C@H](C(C)C[C@H]4CC[C@@H](O)[C@H](OC)C4)CC(=O)[C@H](C)/C=C(\C)[C@@H](O)[C@@H](OC)C(=O)[C@H](C)C[C@H](C)/C=C/C=CC=C3C)ncc(OC[C@H]3CCCNC3)c21. The third-order valence-corrected chi connectivity index (χ3v) is 19.8. The fourth-order valence-electron chi connectivity index (χ4n) is 14.0. The van der Waals surface area contributed by atoms with Gasteiger partial charge >= 0.3 is 5.97 Å². The number of allylic oxidation sites excluding steroid dienone is 6. The number of pyridine rings is 1. The maximum absolute atomic E-state index is 14.9. The molecule has 516 valence electrons. The molecule has 5 aliphatic rings. The van der Waals surface area contributed by atoms with E-state index in [2.05, 4.69) is 27.5 Å². The average molecular weight is 1310 g/mol. The molecule has 4 aliphatic heterocycles. The number of Topliss-reactive ketones (excluding diaryl/α,β-unsaturated/α-hetero) is 3. The number of ether oxygens (including phenoxy) is 6. The molecule has 1 aliphatic carbocycles. The van der Waals surface area contributed by atoms with E-state index in [0.29, 0.717) is 111 Å². The molecule has 6 N–H and O–H groups in total. The van der Waals surface area contributed by atoms with Crippen LogP contribution in [0.5, 0.6) is 5.75 Å². The van der Waals surface area contributed by atoms with Gasteiger partial charge in [-0.05, 0) is 163 Å². The summed E-state index contributed by atoms with van der Waals surface area (Å²) in [4.78, 5) is 83.8. The van der Waals surface area contributed by atoms with Crippen LogP contribution in [0, 0.1) is 53.3 Å². The van der Waals surface area contributed by atoms with Gasteiger partial charge < -0.3 is 64.3 Å². The predicted octanol–water partition coefficient (Wildman–Crippen LogP) is 8.16. The number of cyclic esters (lactones) is 1. The number of carbonyl (C=O) groups is 5. The number of imidazole rings is 1. The number of fused-ring (bicyclic) bond motifs is 4. The topological polar surface area (TPSA) is 312 Å². The number of aliphatic hydroxyl groups is 3. The number of nitrogen functional groups attached to an aromatic ring is 1. The highest BCUT2D eigenvalue weighted by atomic mass is 16.6. The molecule has 23 nitrogen and oxygen atoms in total. The largest absolute Gasteiger partial charge is 0.489 e. The lowest BCUT2D eigenvalue weighted by molar-refractivity contribution is -0.266. The van der Waals surface area contributed by atoms with Crippen molar-refractivity contribution >= 4 is 46.1 Å². The van der Waals surface area contributed by atoms with Crippen LogP contribution in [0.4, 0.5) is 5.82 Å². The molecule has 4 fully saturated rings. The number of hydrogen-bond acceptors (Lipinski definition) is 21. The Kier molecular flexibility index (Phi) is 25.7. The van der Waals surface area contributed by atoms with Gasteiger partial charge in [-0.2, -0.15) is 0 Å². The number of aromatic nitrogens is 5. The molecule has 1 saturated carbocycles. The van der Waals surface area contributed by atoms with Gasteiger partial charge in [0.25, 0.3) is 11.7 Å². The number of hydrogen-bond donors (Lipinski definition) is 5. The lowest BCUT2D eigenvalue weighted by atomic mass is 9.78. The van der Waals surface area contributed by atoms with E-state index in [4.69, 9.17) is 48.8 Å². The standard InChI is InChI=1S/C71H102N8O15/c1-13-78-61-58(90-40-49-22-19-30-73-38-49)39-74-51(59(61)75-67(78)60-66(72)77-94-76-60)28-29-70(9,10)93-56-36-50-26-24-47(8)71(87,92-50)65(84)68(85)79-31-18-17-23-52(79)69(86)91-55(44(5)34-48-25-27-53(80)57(35-48)88-11)37-54(81)43(4)33-46(7)63(83)64(89-12)62(82)45(6)32-41(2)20-15-14-16-21-42(56)3/h14-16,20-21,33,39,41,43-45,47-50,52-53,55-57,63-64,73,80,83,87H,13,17-19,22-27,30-32,34-38,40H2,1-12H3,(H2,72,77)/b16-14?,20-15+,42-21?,46-33+/t41-,43-,44?,45-,47-,48-,49+,50+,52+,53-,55+,56+,57-,63-,64+,71-/m1/s1. The summed E-state index contributed by atoms with van der Waals surface area (Å²) in [6, 6.07) is -1.22. The number of nitrogens with one attached hydrogen (secondary N) is 1. The number of methoxy groups -OCH3 is 2. The van der Waals surface area contributed by atoms with E-state index in [1.54, 1.807) is 47.1 Å². The van der Waals surface area contributed by atoms with E-state index in [9.17, 15) is 39.3 Å². The normalized spacial score (nSPS) is 32.5. The summed E-state index contributed by atoms with van der Waals surface area (Å²) in [5.74, 6) is -0.909. The monoisotopic (exact) mass is 1310 g/mol. The van der Waals surface area contributed by atoms with Crippen molar-refractivity contribution in [2.75, 3.05) is 46.2 Å². The van der Waals surface area contributed by atoms with Crippen LogP contribution in [0.15, 0.2) is 58.4 Å². The first kappa shape index (κ1) is 73.3. The molecule has 1 amide bonds. The predicted molar refractivity (Wildman–Crippen MR) is 352 cm³/mol. The maximum Gasteiger partial charge on any atom is 0.329 e. The first-order chi connectivity index (χ1) is 44.8. The summed E-state index contributed by atoms with van der Waals surface area (Å²) in [6.07, 6.45) is 13.2. The van der Waals surface area contributed by atoms with Gasteiger partial charge in [-0.25, -0.2) is 19.4 Å². The number of anilines is 1. The lowest BCUT2D eigenvalue weighted by Crippen LogP contribution is -2.61. The van der Waals surface area contributed by atoms with Gasteiger partial charge in [0.15, 0.2) is 28.9 Å². The molecule has 3 aromatic rings. The zero-order valence-electron chi connectivity index (χ0n) is 57.1. The molecule has 8 rings (SSSR count). The Balaban J connectivity index is 1.12. The van der Waals surface area contributed by atoms with Gasteiger partial charge in [0.2, 0.25) is 5.79 Å². The Bertz CT molecular complexity index is 3320. The van der Waals surface area contributed by atoms with E-state index in [-0.39, 0.29) is 72.7 Å². The Morgan fingerprint density at radius 3 is 2.39 bits per heavy atom. The first-order valence-corrected chi connectivity index (χ1v) is 33.9. The first-order valence-electron chi connectivity index (χ1n) is 33.9. The highest BCUT2D eigenvalue weighted by molar-refractivity contribution is 6.39. The van der Waals surface area contributed by atoms with Gasteiger partial charge in [0.1, 0.15) is 52.5 Å². The second-order valence-electron chi connectivity index (χ2n) is 27.6. The maximum atomic E-state index is 14.9. The van der Waals surface area contributed by atoms with Crippen LogP contribution in [0.2, 0.25) is 0 Å². The Hall–Kier alpha value is -6.49. The van der Waals surface area contributed by atoms with Crippen molar-refractivity contribution < 1.29 is 72.3 Å². The molecule has 16 atom stereocenters. The molecule has 23 heteroatoms. The molecule has 0 aromatic carbocycles. The highest BCUT2D eigenvalue weighted by Crippen LogP contribution is 2.40. The van der Waals surface area contributed by atoms with E-state index < -0.39 is 89.5 Å². The summed E-state index contributed by atoms with van der Waals surface area (Å²) < 4.78 is 44.5. The number of aryl methyl sites for hydroxylation is 1. The third kappa shape index (κ3) is 17.9. The van der Waals surface area contributed by atoms with Gasteiger partial charge in [-0.1, -0.05) is 77.0 Å². The molecule has 3 saturated heterocycles. The van der Waals surface area contributed by atoms with E-state index >= 15 is 0 Å². The number of ketones is 3. The number of carbonyl (C=O) groups excluding carboxylic acids is 5. The molecule has 3 aromatic heterocycles. The summed E-state index contributed by atoms with van der Waals surface area (Å²) >= 11 is 0. The van der Waals surface area contributed by atoms with Crippen molar-refractivity contribution in [1.82, 2.24) is 35.1 Å². The zero-order valence-corrected chi connectivity index (χ0v) is 57.1. The molecule has 7 heterocycles. The fraction of sp³-hybridized carbons (Fsp3) is 0.676. The van der Waals surface area contributed by atoms with Crippen LogP contribution in [0.3, 0.4) is 0 Å². The molecule has 0 radical (unpaired) electrons. The number of esters is 1. The van der Waals surface area contributed by atoms with Gasteiger partial charge in [-0.15, -0.1) is 0 Å². The molecular weight excluding hydrogens is 1200 g/mol. The number of piperidine rings is 2. The minimum atomic E-state index is -2.59. The van der Waals surface area contributed by atoms with Crippen LogP contribution in [-0.2, 0) is 54.2 Å². The Morgan fingerprint density at radius 2 is 1.69 bits per heavy atom. The van der Waals surface area contributed by atoms with Crippen LogP contribution in [0.25, 0.3) is 22.6 Å². The van der Waals surface area contributed by atoms with E-state index in [1.165, 1.54) is 12.0 Å². The molecular formula is C71H102N8O15. The molecule has 2 bridgehead atoms. The Morgan fingerprint density at radius 1 is 0.915 bits per heavy atom. The summed E-state index contributed by atoms with van der Waals surface area (Å²) in [7, 11) is 2.93. The number of nitrogens with two attached hydrogens (primary N) is 1. The second-order valence-corrected chi connectivity index (χ2v) is 27.6. The van der Waals surface area contributed by atoms with Crippen LogP contribution < -0.4 is 15.8 Å². The molecule has 0 spiro atoms. The fourth-order valence-corrected chi connectivity index (χ4v) is 14.0. The summed E-state index contributed by atoms with van der Waals surface area (Å²) in [6.45, 7) is 20.9. The minimum Gasteiger partial charge on any atom is -0.489 e. The number of amides is 1. The van der Waals surface area contributed by atoms with Crippen molar-refractivity contribution in [1.29, 1.82) is 0 Å². The second kappa shape index (κ2) is 33.0. The van der Waals surface area contributed by atoms with Crippen LogP contribution in [-0.4, -0.2) is 175 Å². The highest BCUT2D eigenvalue weighted by Gasteiger charge is 2.53. The number of aliphatic hydroxyl groups excluding tert-OH is 2. The van der Waals surface area contributed by atoms with Crippen molar-refractivity contribution in [2.24, 2.45) is 41.4 Å². The average Bonchev–Trinajstić information content (AvgIpc) is 1.47. The van der Waals surface area contributed by atoms with Gasteiger partial charge in [0, 0.05) is 70.4 Å². The third-order valence-electron chi connectivity index (χ3n) is 19.8. The van der Waals surface area contributed by atoms with E-state index in [1.807, 2.05) is 76.5 Å². The quantitative estimate of drug-likeness (QED) is 0.0494. The van der Waals surface area contributed by atoms with Gasteiger partial charge in [0.05, 0.1) is 37.2 Å². The van der Waals surface area contributed by atoms with E-state index in [0.717, 1.165) is 31.5 Å². The number of rotatable bonds is 12. The Labute approximate surface area is 553 Å². The zero-order chi connectivity index (χ0) is 68.2. The summed E-state index contributed by atoms with van der Waals surface area (Å²) in [5, 5.41) is 46.2. The number of nitrogens with zero attached hydrogens (tertiary/aromatic N) is 6. The van der Waals surface area contributed by atoms with Crippen molar-refractivity contribution in [3.8, 4) is 29.1 Å². The van der Waals surface area contributed by atoms with Crippen LogP contribution >= 0.6 is 0 Å². The van der Waals surface area contributed by atoms with Crippen molar-refractivity contribution in [2.45, 2.75) is 226 Å². The summed E-state index contributed by atoms with van der Waals surface area (Å²) in [5.41, 5.74) is 7.81. The van der Waals surface area contributed by atoms with Crippen molar-refractivity contribution in [3.63, 3.8) is 0 Å². The lowest BCUT2D eigenvalue weighted by Gasteiger charge is -2.43. The van der Waals surface area contributed by atoms with Gasteiger partial charge in [-0.3, -0.25) is 19.2 Å². The minimum absolute atomic E-state index is 0.0255. The smallest absolute Gasteiger partial charge is 0.329 e. The molecule has 1 unspecified atom stereocenters. The van der Waals surface area contributed by atoms with Crippen LogP contribution in [0.1, 0.15) is 165 Å².